The van der Waals surface area contributed by atoms with Crippen LogP contribution in [0.15, 0.2) is 30.5 Å². The Morgan fingerprint density at radius 1 is 1.31 bits per heavy atom. The van der Waals surface area contributed by atoms with Crippen molar-refractivity contribution in [3.8, 4) is 6.07 Å². The third-order valence-electron chi connectivity index (χ3n) is 1.92. The molecule has 13 heavy (non-hydrogen) atoms. The van der Waals surface area contributed by atoms with Crippen LogP contribution in [0.5, 0.6) is 0 Å². The highest BCUT2D eigenvalue weighted by Gasteiger charge is 2.02. The van der Waals surface area contributed by atoms with Gasteiger partial charge in [0.2, 0.25) is 0 Å². The van der Waals surface area contributed by atoms with Crippen molar-refractivity contribution in [2.24, 2.45) is 0 Å². The molecule has 0 spiro atoms. The molecule has 0 aliphatic rings. The Morgan fingerprint density at radius 2 is 2.15 bits per heavy atom. The molecule has 0 fully saturated rings. The normalized spacial score (nSPS) is 9.77. The van der Waals surface area contributed by atoms with Crippen LogP contribution in [0.25, 0.3) is 10.9 Å². The minimum atomic E-state index is 0.606. The molecule has 2 aromatic rings. The fraction of sp³-hybridized carbons (Fsp3) is 0. The molecule has 3 heteroatoms. The van der Waals surface area contributed by atoms with Crippen molar-refractivity contribution >= 4 is 16.6 Å². The Bertz CT molecular complexity index is 497. The standard InChI is InChI=1S/C10H7N3/c11-6-7-3-4-9(12)10-8(7)2-1-5-13-10/h1-5H,12H2. The van der Waals surface area contributed by atoms with Crippen LogP contribution in [0.1, 0.15) is 5.56 Å². The van der Waals surface area contributed by atoms with Crippen LogP contribution < -0.4 is 5.73 Å². The molecular formula is C10H7N3. The summed E-state index contributed by atoms with van der Waals surface area (Å²) < 4.78 is 0. The highest BCUT2D eigenvalue weighted by atomic mass is 14.7. The number of pyridine rings is 1. The molecule has 2 rings (SSSR count). The molecule has 0 amide bonds. The zero-order chi connectivity index (χ0) is 9.26. The van der Waals surface area contributed by atoms with E-state index in [9.17, 15) is 0 Å². The van der Waals surface area contributed by atoms with E-state index >= 15 is 0 Å². The fourth-order valence-electron chi connectivity index (χ4n) is 1.29. The topological polar surface area (TPSA) is 62.7 Å². The van der Waals surface area contributed by atoms with Gasteiger partial charge < -0.3 is 5.73 Å². The van der Waals surface area contributed by atoms with E-state index in [1.165, 1.54) is 0 Å². The van der Waals surface area contributed by atoms with E-state index in [4.69, 9.17) is 11.0 Å². The number of nitrogens with two attached hydrogens (primary N) is 1. The lowest BCUT2D eigenvalue weighted by molar-refractivity contribution is 1.40. The molecule has 0 bridgehead atoms. The van der Waals surface area contributed by atoms with Gasteiger partial charge in [-0.05, 0) is 24.3 Å². The minimum absolute atomic E-state index is 0.606. The molecule has 2 N–H and O–H groups in total. The molecular weight excluding hydrogens is 162 g/mol. The zero-order valence-corrected chi connectivity index (χ0v) is 6.86. The summed E-state index contributed by atoms with van der Waals surface area (Å²) >= 11 is 0. The average Bonchev–Trinajstić information content (AvgIpc) is 2.19. The maximum Gasteiger partial charge on any atom is 0.0998 e. The number of nitrogen functional groups attached to an aromatic ring is 1. The maximum atomic E-state index is 8.81. The maximum absolute atomic E-state index is 8.81. The van der Waals surface area contributed by atoms with Crippen molar-refractivity contribution in [2.75, 3.05) is 5.73 Å². The van der Waals surface area contributed by atoms with E-state index in [0.717, 1.165) is 5.39 Å². The quantitative estimate of drug-likeness (QED) is 0.610. The molecule has 0 aliphatic heterocycles. The summed E-state index contributed by atoms with van der Waals surface area (Å²) in [6, 6.07) is 9.15. The van der Waals surface area contributed by atoms with E-state index < -0.39 is 0 Å². The van der Waals surface area contributed by atoms with Crippen LogP contribution in [-0.4, -0.2) is 4.98 Å². The molecule has 1 heterocycles. The van der Waals surface area contributed by atoms with Crippen molar-refractivity contribution in [3.05, 3.63) is 36.0 Å². The van der Waals surface area contributed by atoms with Crippen molar-refractivity contribution in [2.45, 2.75) is 0 Å². The first-order chi connectivity index (χ1) is 6.33. The number of hydrogen-bond donors (Lipinski definition) is 1. The van der Waals surface area contributed by atoms with Gasteiger partial charge in [-0.2, -0.15) is 5.26 Å². The lowest BCUT2D eigenvalue weighted by atomic mass is 10.1. The predicted octanol–water partition coefficient (Wildman–Crippen LogP) is 1.69. The van der Waals surface area contributed by atoms with Crippen LogP contribution in [0.3, 0.4) is 0 Å². The largest absolute Gasteiger partial charge is 0.397 e. The summed E-state index contributed by atoms with van der Waals surface area (Å²) in [4.78, 5) is 4.11. The van der Waals surface area contributed by atoms with Gasteiger partial charge in [-0.25, -0.2) is 0 Å². The number of benzene rings is 1. The lowest BCUT2D eigenvalue weighted by Gasteiger charge is -2.01. The molecule has 3 nitrogen and oxygen atoms in total. The Hall–Kier alpha value is -2.08. The molecule has 1 aromatic carbocycles. The average molecular weight is 169 g/mol. The molecule has 1 aromatic heterocycles. The number of anilines is 1. The third-order valence-corrected chi connectivity index (χ3v) is 1.92. The first-order valence-corrected chi connectivity index (χ1v) is 3.86. The molecule has 0 radical (unpaired) electrons. The monoisotopic (exact) mass is 169 g/mol. The van der Waals surface area contributed by atoms with E-state index in [0.29, 0.717) is 16.8 Å². The summed E-state index contributed by atoms with van der Waals surface area (Å²) in [5, 5.41) is 9.62. The third kappa shape index (κ3) is 1.09. The summed E-state index contributed by atoms with van der Waals surface area (Å²) in [5.74, 6) is 0. The summed E-state index contributed by atoms with van der Waals surface area (Å²) in [6.07, 6.45) is 1.67. The van der Waals surface area contributed by atoms with Crippen molar-refractivity contribution < 1.29 is 0 Å². The van der Waals surface area contributed by atoms with Crippen LogP contribution >= 0.6 is 0 Å². The van der Waals surface area contributed by atoms with E-state index in [-0.39, 0.29) is 0 Å². The van der Waals surface area contributed by atoms with Crippen molar-refractivity contribution in [3.63, 3.8) is 0 Å². The number of rotatable bonds is 0. The molecule has 0 atom stereocenters. The van der Waals surface area contributed by atoms with Gasteiger partial charge in [0, 0.05) is 11.6 Å². The first kappa shape index (κ1) is 7.56. The summed E-state index contributed by atoms with van der Waals surface area (Å²) in [5.41, 5.74) is 7.62. The first-order valence-electron chi connectivity index (χ1n) is 3.86. The van der Waals surface area contributed by atoms with Gasteiger partial charge in [0.25, 0.3) is 0 Å². The molecule has 0 unspecified atom stereocenters. The van der Waals surface area contributed by atoms with Gasteiger partial charge in [-0.15, -0.1) is 0 Å². The highest BCUT2D eigenvalue weighted by molar-refractivity contribution is 5.93. The second kappa shape index (κ2) is 2.76. The highest BCUT2D eigenvalue weighted by Crippen LogP contribution is 2.21. The van der Waals surface area contributed by atoms with Gasteiger partial charge in [-0.3, -0.25) is 4.98 Å². The molecule has 0 saturated carbocycles. The van der Waals surface area contributed by atoms with Crippen LogP contribution in [0, 0.1) is 11.3 Å². The second-order valence-corrected chi connectivity index (χ2v) is 2.71. The zero-order valence-electron chi connectivity index (χ0n) is 6.86. The van der Waals surface area contributed by atoms with E-state index in [1.54, 1.807) is 24.4 Å². The van der Waals surface area contributed by atoms with Crippen molar-refractivity contribution in [1.82, 2.24) is 4.98 Å². The Kier molecular flexibility index (Phi) is 1.60. The fourth-order valence-corrected chi connectivity index (χ4v) is 1.29. The Labute approximate surface area is 75.4 Å². The number of hydrogen-bond acceptors (Lipinski definition) is 3. The lowest BCUT2D eigenvalue weighted by Crippen LogP contribution is -1.90. The molecule has 62 valence electrons. The second-order valence-electron chi connectivity index (χ2n) is 2.71. The molecule has 0 aliphatic carbocycles. The van der Waals surface area contributed by atoms with E-state index in [1.807, 2.05) is 6.07 Å². The summed E-state index contributed by atoms with van der Waals surface area (Å²) in [7, 11) is 0. The Morgan fingerprint density at radius 3 is 2.92 bits per heavy atom. The van der Waals surface area contributed by atoms with Crippen LogP contribution in [0.4, 0.5) is 5.69 Å². The number of nitriles is 1. The van der Waals surface area contributed by atoms with Crippen molar-refractivity contribution in [1.29, 1.82) is 5.26 Å². The van der Waals surface area contributed by atoms with Gasteiger partial charge in [0.15, 0.2) is 0 Å². The smallest absolute Gasteiger partial charge is 0.0998 e. The number of fused-ring (bicyclic) bond motifs is 1. The van der Waals surface area contributed by atoms with Gasteiger partial charge in [0.1, 0.15) is 0 Å². The number of nitrogens with zero attached hydrogens (tertiary/aromatic N) is 2. The van der Waals surface area contributed by atoms with Gasteiger partial charge in [-0.1, -0.05) is 0 Å². The van der Waals surface area contributed by atoms with Crippen LogP contribution in [0.2, 0.25) is 0 Å². The molecule has 0 saturated heterocycles. The van der Waals surface area contributed by atoms with E-state index in [2.05, 4.69) is 11.1 Å². The van der Waals surface area contributed by atoms with Crippen LogP contribution in [-0.2, 0) is 0 Å². The Balaban J connectivity index is 2.95. The summed E-state index contributed by atoms with van der Waals surface area (Å²) in [6.45, 7) is 0. The number of aromatic nitrogens is 1. The van der Waals surface area contributed by atoms with Gasteiger partial charge in [0.05, 0.1) is 22.8 Å². The SMILES string of the molecule is N#Cc1ccc(N)c2ncccc12. The predicted molar refractivity (Wildman–Crippen MR) is 50.9 cm³/mol. The minimum Gasteiger partial charge on any atom is -0.397 e. The van der Waals surface area contributed by atoms with Gasteiger partial charge >= 0.3 is 0 Å².